The molecule has 1 aliphatic heterocycles. The third kappa shape index (κ3) is 4.28. The van der Waals surface area contributed by atoms with Crippen molar-refractivity contribution in [2.75, 3.05) is 20.3 Å². The van der Waals surface area contributed by atoms with Gasteiger partial charge in [0.1, 0.15) is 0 Å². The van der Waals surface area contributed by atoms with E-state index in [0.29, 0.717) is 34.3 Å². The summed E-state index contributed by atoms with van der Waals surface area (Å²) >= 11 is 5.37. The van der Waals surface area contributed by atoms with Crippen LogP contribution in [0.4, 0.5) is 0 Å². The summed E-state index contributed by atoms with van der Waals surface area (Å²) in [5, 5.41) is 3.24. The molecule has 2 heterocycles. The highest BCUT2D eigenvalue weighted by atomic mass is 32.1. The number of rotatable bonds is 5. The van der Waals surface area contributed by atoms with Crippen molar-refractivity contribution in [2.45, 2.75) is 18.9 Å². The van der Waals surface area contributed by atoms with Gasteiger partial charge in [0.25, 0.3) is 11.5 Å². The number of aromatic amines is 1. The van der Waals surface area contributed by atoms with E-state index in [2.05, 4.69) is 10.3 Å². The number of ether oxygens (including phenoxy) is 2. The molecule has 0 saturated carbocycles. The maximum atomic E-state index is 13.0. The molecule has 8 nitrogen and oxygen atoms in total. The number of amides is 1. The van der Waals surface area contributed by atoms with Crippen molar-refractivity contribution in [3.8, 4) is 5.69 Å². The molecule has 1 aromatic heterocycles. The minimum atomic E-state index is -0.501. The van der Waals surface area contributed by atoms with Crippen LogP contribution in [0.3, 0.4) is 0 Å². The zero-order chi connectivity index (χ0) is 22.0. The lowest BCUT2D eigenvalue weighted by molar-refractivity contribution is 0.0600. The van der Waals surface area contributed by atoms with E-state index in [1.807, 2.05) is 0 Å². The van der Waals surface area contributed by atoms with Crippen molar-refractivity contribution < 1.29 is 19.1 Å². The highest BCUT2D eigenvalue weighted by molar-refractivity contribution is 7.71. The molecule has 31 heavy (non-hydrogen) atoms. The van der Waals surface area contributed by atoms with Crippen molar-refractivity contribution in [1.29, 1.82) is 0 Å². The Labute approximate surface area is 182 Å². The van der Waals surface area contributed by atoms with Crippen LogP contribution in [0, 0.1) is 4.77 Å². The van der Waals surface area contributed by atoms with Gasteiger partial charge in [-0.2, -0.15) is 0 Å². The molecule has 1 fully saturated rings. The van der Waals surface area contributed by atoms with Gasteiger partial charge in [0.2, 0.25) is 0 Å². The lowest BCUT2D eigenvalue weighted by Gasteiger charge is -2.12. The number of aromatic nitrogens is 2. The van der Waals surface area contributed by atoms with Gasteiger partial charge in [-0.1, -0.05) is 0 Å². The lowest BCUT2D eigenvalue weighted by atomic mass is 10.1. The largest absolute Gasteiger partial charge is 0.465 e. The predicted molar refractivity (Wildman–Crippen MR) is 117 cm³/mol. The Hall–Kier alpha value is -3.30. The summed E-state index contributed by atoms with van der Waals surface area (Å²) in [5.41, 5.74) is 1.44. The van der Waals surface area contributed by atoms with Gasteiger partial charge in [-0.3, -0.25) is 14.2 Å². The first-order chi connectivity index (χ1) is 15.0. The molecule has 1 amide bonds. The number of benzene rings is 2. The van der Waals surface area contributed by atoms with Gasteiger partial charge in [0.05, 0.1) is 35.4 Å². The lowest BCUT2D eigenvalue weighted by Crippen LogP contribution is -2.31. The average Bonchev–Trinajstić information content (AvgIpc) is 3.30. The molecule has 1 saturated heterocycles. The number of esters is 1. The quantitative estimate of drug-likeness (QED) is 0.468. The molecule has 2 aromatic carbocycles. The van der Waals surface area contributed by atoms with E-state index in [0.717, 1.165) is 19.4 Å². The standard InChI is InChI=1S/C22H21N3O5S/c1-29-21(28)14-6-9-17-18(11-14)24-22(31)25(20(17)27)15-7-4-13(5-8-15)19(26)23-12-16-3-2-10-30-16/h4-9,11,16H,2-3,10,12H2,1H3,(H,23,26)(H,24,31). The first-order valence-corrected chi connectivity index (χ1v) is 10.3. The Morgan fingerprint density at radius 1 is 1.23 bits per heavy atom. The van der Waals surface area contributed by atoms with E-state index < -0.39 is 5.97 Å². The van der Waals surface area contributed by atoms with Gasteiger partial charge in [0, 0.05) is 18.7 Å². The summed E-state index contributed by atoms with van der Waals surface area (Å²) in [7, 11) is 1.29. The number of carbonyl (C=O) groups is 2. The Kier molecular flexibility index (Phi) is 5.97. The Morgan fingerprint density at radius 2 is 1.97 bits per heavy atom. The fourth-order valence-corrected chi connectivity index (χ4v) is 3.87. The first-order valence-electron chi connectivity index (χ1n) is 9.85. The van der Waals surface area contributed by atoms with Gasteiger partial charge in [-0.05, 0) is 67.5 Å². The number of hydrogen-bond donors (Lipinski definition) is 2. The van der Waals surface area contributed by atoms with Crippen LogP contribution in [0.25, 0.3) is 16.6 Å². The second kappa shape index (κ2) is 8.83. The van der Waals surface area contributed by atoms with Crippen LogP contribution < -0.4 is 10.9 Å². The topological polar surface area (TPSA) is 102 Å². The summed E-state index contributed by atoms with van der Waals surface area (Å²) in [6.45, 7) is 1.21. The van der Waals surface area contributed by atoms with Gasteiger partial charge in [-0.15, -0.1) is 0 Å². The maximum absolute atomic E-state index is 13.0. The monoisotopic (exact) mass is 439 g/mol. The molecule has 2 N–H and O–H groups in total. The van der Waals surface area contributed by atoms with Crippen LogP contribution >= 0.6 is 12.2 Å². The second-order valence-electron chi connectivity index (χ2n) is 7.21. The number of H-pyrrole nitrogens is 1. The fraction of sp³-hybridized carbons (Fsp3) is 0.273. The van der Waals surface area contributed by atoms with E-state index in [1.165, 1.54) is 23.8 Å². The molecule has 1 atom stereocenters. The zero-order valence-electron chi connectivity index (χ0n) is 16.8. The molecule has 1 unspecified atom stereocenters. The summed E-state index contributed by atoms with van der Waals surface area (Å²) in [6.07, 6.45) is 2.03. The number of methoxy groups -OCH3 is 1. The van der Waals surface area contributed by atoms with E-state index in [-0.39, 0.29) is 22.3 Å². The molecule has 0 bridgehead atoms. The predicted octanol–water partition coefficient (Wildman–Crippen LogP) is 2.74. The highest BCUT2D eigenvalue weighted by Crippen LogP contribution is 2.15. The van der Waals surface area contributed by atoms with Crippen molar-refractivity contribution in [3.05, 3.63) is 68.7 Å². The molecule has 3 aromatic rings. The normalized spacial score (nSPS) is 15.7. The summed E-state index contributed by atoms with van der Waals surface area (Å²) < 4.78 is 11.8. The van der Waals surface area contributed by atoms with Crippen LogP contribution in [0.1, 0.15) is 33.6 Å². The summed E-state index contributed by atoms with van der Waals surface area (Å²) in [6, 6.07) is 11.2. The SMILES string of the molecule is COC(=O)c1ccc2c(=O)n(-c3ccc(C(=O)NCC4CCCO4)cc3)c(=S)[nH]c2c1. The minimum absolute atomic E-state index is 0.0670. The van der Waals surface area contributed by atoms with E-state index in [4.69, 9.17) is 21.7 Å². The molecule has 0 spiro atoms. The molecule has 4 rings (SSSR count). The maximum Gasteiger partial charge on any atom is 0.337 e. The molecule has 0 aliphatic carbocycles. The van der Waals surface area contributed by atoms with Crippen molar-refractivity contribution >= 4 is 35.0 Å². The molecule has 1 aliphatic rings. The van der Waals surface area contributed by atoms with Crippen LogP contribution in [0.5, 0.6) is 0 Å². The molecular weight excluding hydrogens is 418 g/mol. The zero-order valence-corrected chi connectivity index (χ0v) is 17.7. The van der Waals surface area contributed by atoms with Gasteiger partial charge in [-0.25, -0.2) is 4.79 Å². The Balaban J connectivity index is 1.60. The molecule has 160 valence electrons. The average molecular weight is 439 g/mol. The van der Waals surface area contributed by atoms with Crippen LogP contribution in [0.2, 0.25) is 0 Å². The number of nitrogens with zero attached hydrogens (tertiary/aromatic N) is 1. The number of hydrogen-bond acceptors (Lipinski definition) is 6. The van der Waals surface area contributed by atoms with Crippen LogP contribution in [-0.2, 0) is 9.47 Å². The van der Waals surface area contributed by atoms with E-state index >= 15 is 0 Å². The Morgan fingerprint density at radius 3 is 2.65 bits per heavy atom. The van der Waals surface area contributed by atoms with Crippen molar-refractivity contribution in [1.82, 2.24) is 14.9 Å². The van der Waals surface area contributed by atoms with Gasteiger partial charge in [0.15, 0.2) is 4.77 Å². The van der Waals surface area contributed by atoms with E-state index in [9.17, 15) is 14.4 Å². The third-order valence-corrected chi connectivity index (χ3v) is 5.51. The first kappa shape index (κ1) is 21.0. The van der Waals surface area contributed by atoms with Crippen LogP contribution in [-0.4, -0.2) is 47.8 Å². The smallest absolute Gasteiger partial charge is 0.337 e. The minimum Gasteiger partial charge on any atom is -0.465 e. The van der Waals surface area contributed by atoms with Gasteiger partial charge < -0.3 is 19.8 Å². The molecule has 0 radical (unpaired) electrons. The van der Waals surface area contributed by atoms with Crippen molar-refractivity contribution in [2.24, 2.45) is 0 Å². The highest BCUT2D eigenvalue weighted by Gasteiger charge is 2.17. The number of fused-ring (bicyclic) bond motifs is 1. The Bertz CT molecular complexity index is 1260. The van der Waals surface area contributed by atoms with E-state index in [1.54, 1.807) is 30.3 Å². The summed E-state index contributed by atoms with van der Waals surface area (Å²) in [5.74, 6) is -0.702. The number of carbonyl (C=O) groups excluding carboxylic acids is 2. The van der Waals surface area contributed by atoms with Crippen LogP contribution in [0.15, 0.2) is 47.3 Å². The number of nitrogens with one attached hydrogen (secondary N) is 2. The second-order valence-corrected chi connectivity index (χ2v) is 7.60. The van der Waals surface area contributed by atoms with Crippen molar-refractivity contribution in [3.63, 3.8) is 0 Å². The summed E-state index contributed by atoms with van der Waals surface area (Å²) in [4.78, 5) is 40.1. The third-order valence-electron chi connectivity index (χ3n) is 5.22. The molecular formula is C22H21N3O5S. The fourth-order valence-electron chi connectivity index (χ4n) is 3.57. The van der Waals surface area contributed by atoms with Gasteiger partial charge >= 0.3 is 5.97 Å². The molecule has 9 heteroatoms.